The third-order valence-corrected chi connectivity index (χ3v) is 2.91. The Bertz CT molecular complexity index is 566. The fraction of sp³-hybridized carbons (Fsp3) is 0.308. The molecule has 0 unspecified atom stereocenters. The van der Waals surface area contributed by atoms with E-state index < -0.39 is 17.5 Å². The van der Waals surface area contributed by atoms with Crippen molar-refractivity contribution in [3.8, 4) is 0 Å². The van der Waals surface area contributed by atoms with Crippen molar-refractivity contribution in [1.29, 1.82) is 0 Å². The number of anilines is 1. The van der Waals surface area contributed by atoms with Gasteiger partial charge in [-0.1, -0.05) is 0 Å². The lowest BCUT2D eigenvalue weighted by molar-refractivity contribution is -0.117. The maximum atomic E-state index is 13.2. The molecule has 1 amide bonds. The summed E-state index contributed by atoms with van der Waals surface area (Å²) in [5.74, 6) is -2.01. The number of hydrogen-bond donors (Lipinski definition) is 0. The first-order chi connectivity index (χ1) is 8.41. The Labute approximate surface area is 103 Å². The van der Waals surface area contributed by atoms with E-state index in [1.165, 1.54) is 17.9 Å². The van der Waals surface area contributed by atoms with Gasteiger partial charge in [0, 0.05) is 13.0 Å². The monoisotopic (exact) mass is 249 g/mol. The summed E-state index contributed by atoms with van der Waals surface area (Å²) in [5.41, 5.74) is 1.03. The highest BCUT2D eigenvalue weighted by Gasteiger charge is 2.37. The molecule has 1 aliphatic heterocycles. The number of rotatable bonds is 3. The summed E-state index contributed by atoms with van der Waals surface area (Å²) in [5, 5.41) is 0. The number of benzene rings is 1. The average Bonchev–Trinajstić information content (AvgIpc) is 2.51. The number of halogens is 1. The Hall–Kier alpha value is -2.04. The largest absolute Gasteiger partial charge is 0.304 e. The Kier molecular flexibility index (Phi) is 2.98. The number of Topliss-reactive ketones (excluding diaryl/α,β-unsaturated/α-hetero) is 2. The van der Waals surface area contributed by atoms with Crippen molar-refractivity contribution in [2.45, 2.75) is 20.3 Å². The zero-order valence-electron chi connectivity index (χ0n) is 10.1. The molecule has 0 aliphatic carbocycles. The molecule has 0 N–H and O–H groups in total. The Morgan fingerprint density at radius 1 is 1.33 bits per heavy atom. The van der Waals surface area contributed by atoms with Gasteiger partial charge in [0.15, 0.2) is 0 Å². The van der Waals surface area contributed by atoms with Crippen molar-refractivity contribution in [3.63, 3.8) is 0 Å². The van der Waals surface area contributed by atoms with Crippen LogP contribution >= 0.6 is 0 Å². The van der Waals surface area contributed by atoms with Crippen LogP contribution in [0, 0.1) is 12.7 Å². The quantitative estimate of drug-likeness (QED) is 0.765. The average molecular weight is 249 g/mol. The van der Waals surface area contributed by atoms with Gasteiger partial charge in [-0.15, -0.1) is 0 Å². The molecular formula is C13H12FNO3. The van der Waals surface area contributed by atoms with Gasteiger partial charge >= 0.3 is 0 Å². The molecule has 0 saturated heterocycles. The molecule has 0 fully saturated rings. The predicted octanol–water partition coefficient (Wildman–Crippen LogP) is 1.64. The summed E-state index contributed by atoms with van der Waals surface area (Å²) in [6.45, 7) is 3.20. The second-order valence-electron chi connectivity index (χ2n) is 4.36. The minimum atomic E-state index is -0.712. The summed E-state index contributed by atoms with van der Waals surface area (Å²) in [4.78, 5) is 35.7. The Balaban J connectivity index is 2.45. The van der Waals surface area contributed by atoms with Crippen LogP contribution in [0.4, 0.5) is 10.1 Å². The number of amides is 1. The molecule has 1 aromatic carbocycles. The van der Waals surface area contributed by atoms with E-state index in [1.807, 2.05) is 0 Å². The molecule has 1 aliphatic rings. The molecule has 0 aromatic heterocycles. The molecular weight excluding hydrogens is 237 g/mol. The fourth-order valence-electron chi connectivity index (χ4n) is 2.09. The topological polar surface area (TPSA) is 54.5 Å². The van der Waals surface area contributed by atoms with E-state index in [9.17, 15) is 18.8 Å². The second-order valence-corrected chi connectivity index (χ2v) is 4.36. The molecule has 0 radical (unpaired) electrons. The molecule has 94 valence electrons. The van der Waals surface area contributed by atoms with E-state index in [-0.39, 0.29) is 24.3 Å². The van der Waals surface area contributed by atoms with Crippen LogP contribution in [0.25, 0.3) is 0 Å². The number of aryl methyl sites for hydroxylation is 1. The van der Waals surface area contributed by atoms with Crippen LogP contribution in [-0.2, 0) is 9.59 Å². The van der Waals surface area contributed by atoms with Gasteiger partial charge < -0.3 is 4.90 Å². The van der Waals surface area contributed by atoms with Crippen molar-refractivity contribution in [3.05, 3.63) is 29.1 Å². The van der Waals surface area contributed by atoms with Gasteiger partial charge in [-0.3, -0.25) is 14.4 Å². The van der Waals surface area contributed by atoms with Crippen LogP contribution in [0.2, 0.25) is 0 Å². The first-order valence-electron chi connectivity index (χ1n) is 5.57. The maximum Gasteiger partial charge on any atom is 0.299 e. The molecule has 0 spiro atoms. The molecule has 1 aromatic rings. The summed E-state index contributed by atoms with van der Waals surface area (Å²) in [6.07, 6.45) is 0.176. The highest BCUT2D eigenvalue weighted by molar-refractivity contribution is 6.52. The van der Waals surface area contributed by atoms with E-state index in [0.717, 1.165) is 6.07 Å². The number of carbonyl (C=O) groups is 3. The third kappa shape index (κ3) is 1.92. The maximum absolute atomic E-state index is 13.2. The highest BCUT2D eigenvalue weighted by Crippen LogP contribution is 2.33. The van der Waals surface area contributed by atoms with E-state index in [2.05, 4.69) is 0 Å². The van der Waals surface area contributed by atoms with E-state index in [1.54, 1.807) is 6.92 Å². The van der Waals surface area contributed by atoms with E-state index >= 15 is 0 Å². The van der Waals surface area contributed by atoms with Gasteiger partial charge in [0.1, 0.15) is 11.6 Å². The zero-order valence-corrected chi connectivity index (χ0v) is 10.1. The number of carbonyl (C=O) groups excluding carboxylic acids is 3. The Morgan fingerprint density at radius 2 is 2.00 bits per heavy atom. The molecule has 0 atom stereocenters. The van der Waals surface area contributed by atoms with Gasteiger partial charge in [0.05, 0.1) is 11.3 Å². The lowest BCUT2D eigenvalue weighted by Crippen LogP contribution is -2.31. The molecule has 18 heavy (non-hydrogen) atoms. The van der Waals surface area contributed by atoms with Crippen LogP contribution < -0.4 is 4.90 Å². The predicted molar refractivity (Wildman–Crippen MR) is 63.1 cm³/mol. The molecule has 2 rings (SSSR count). The van der Waals surface area contributed by atoms with Gasteiger partial charge in [-0.25, -0.2) is 4.39 Å². The number of fused-ring (bicyclic) bond motifs is 1. The van der Waals surface area contributed by atoms with Crippen molar-refractivity contribution >= 4 is 23.2 Å². The van der Waals surface area contributed by atoms with Crippen LogP contribution in [0.1, 0.15) is 29.3 Å². The SMILES string of the molecule is CC(=O)CCN1C(=O)C(=O)c2cc(F)cc(C)c21. The van der Waals surface area contributed by atoms with Crippen molar-refractivity contribution in [2.75, 3.05) is 11.4 Å². The molecule has 0 bridgehead atoms. The lowest BCUT2D eigenvalue weighted by Gasteiger charge is -2.17. The minimum Gasteiger partial charge on any atom is -0.304 e. The van der Waals surface area contributed by atoms with E-state index in [0.29, 0.717) is 11.3 Å². The van der Waals surface area contributed by atoms with Crippen LogP contribution in [0.5, 0.6) is 0 Å². The number of nitrogens with zero attached hydrogens (tertiary/aromatic N) is 1. The highest BCUT2D eigenvalue weighted by atomic mass is 19.1. The zero-order chi connectivity index (χ0) is 13.4. The van der Waals surface area contributed by atoms with Crippen molar-refractivity contribution in [1.82, 2.24) is 0 Å². The summed E-state index contributed by atoms with van der Waals surface area (Å²) >= 11 is 0. The lowest BCUT2D eigenvalue weighted by atomic mass is 10.1. The number of ketones is 2. The molecule has 5 heteroatoms. The molecule has 0 saturated carbocycles. The second kappa shape index (κ2) is 4.33. The van der Waals surface area contributed by atoms with Crippen LogP contribution in [0.15, 0.2) is 12.1 Å². The summed E-state index contributed by atoms with van der Waals surface area (Å²) in [7, 11) is 0. The van der Waals surface area contributed by atoms with Gasteiger partial charge in [0.2, 0.25) is 0 Å². The smallest absolute Gasteiger partial charge is 0.299 e. The summed E-state index contributed by atoms with van der Waals surface area (Å²) < 4.78 is 13.2. The Morgan fingerprint density at radius 3 is 2.61 bits per heavy atom. The fourth-order valence-corrected chi connectivity index (χ4v) is 2.09. The minimum absolute atomic E-state index is 0.0662. The first-order valence-corrected chi connectivity index (χ1v) is 5.57. The first kappa shape index (κ1) is 12.4. The third-order valence-electron chi connectivity index (χ3n) is 2.91. The van der Waals surface area contributed by atoms with Crippen LogP contribution in [0.3, 0.4) is 0 Å². The van der Waals surface area contributed by atoms with Gasteiger partial charge in [0.25, 0.3) is 11.7 Å². The standard InChI is InChI=1S/C13H12FNO3/c1-7-5-9(14)6-10-11(7)15(4-3-8(2)16)13(18)12(10)17/h5-6H,3-4H2,1-2H3. The van der Waals surface area contributed by atoms with E-state index in [4.69, 9.17) is 0 Å². The van der Waals surface area contributed by atoms with Crippen LogP contribution in [-0.4, -0.2) is 24.0 Å². The van der Waals surface area contributed by atoms with Gasteiger partial charge in [-0.2, -0.15) is 0 Å². The van der Waals surface area contributed by atoms with Crippen molar-refractivity contribution < 1.29 is 18.8 Å². The number of hydrogen-bond acceptors (Lipinski definition) is 3. The normalized spacial score (nSPS) is 14.1. The summed E-state index contributed by atoms with van der Waals surface area (Å²) in [6, 6.07) is 2.34. The molecule has 1 heterocycles. The molecule has 4 nitrogen and oxygen atoms in total. The van der Waals surface area contributed by atoms with Gasteiger partial charge in [-0.05, 0) is 31.5 Å². The van der Waals surface area contributed by atoms with Crippen molar-refractivity contribution in [2.24, 2.45) is 0 Å².